The van der Waals surface area contributed by atoms with Crippen molar-refractivity contribution in [2.75, 3.05) is 13.1 Å². The van der Waals surface area contributed by atoms with Gasteiger partial charge in [-0.3, -0.25) is 4.79 Å². The first-order valence-corrected chi connectivity index (χ1v) is 7.92. The van der Waals surface area contributed by atoms with Crippen molar-refractivity contribution in [1.82, 2.24) is 10.0 Å². The highest BCUT2D eigenvalue weighted by atomic mass is 32.2. The molecule has 1 rings (SSSR count). The predicted octanol–water partition coefficient (Wildman–Crippen LogP) is 0.125. The molecule has 0 aliphatic carbocycles. The van der Waals surface area contributed by atoms with Crippen molar-refractivity contribution >= 4 is 33.1 Å². The Morgan fingerprint density at radius 2 is 1.90 bits per heavy atom. The van der Waals surface area contributed by atoms with Crippen LogP contribution < -0.4 is 15.8 Å². The molecular weight excluding hydrogens is 298 g/mol. The number of amides is 1. The van der Waals surface area contributed by atoms with E-state index in [9.17, 15) is 13.2 Å². The quantitative estimate of drug-likeness (QED) is 0.621. The number of nitrogens with two attached hydrogens (primary N) is 1. The lowest BCUT2D eigenvalue weighted by Gasteiger charge is -2.07. The summed E-state index contributed by atoms with van der Waals surface area (Å²) in [7, 11) is -3.63. The van der Waals surface area contributed by atoms with E-state index in [1.54, 1.807) is 19.1 Å². The summed E-state index contributed by atoms with van der Waals surface area (Å²) in [5.74, 6) is -0.195. The third-order valence-corrected chi connectivity index (χ3v) is 4.18. The average Bonchev–Trinajstić information content (AvgIpc) is 2.39. The van der Waals surface area contributed by atoms with E-state index in [1.807, 2.05) is 0 Å². The van der Waals surface area contributed by atoms with Crippen molar-refractivity contribution in [2.24, 2.45) is 5.73 Å². The molecule has 0 aromatic heterocycles. The molecule has 0 atom stereocenters. The molecule has 1 aromatic rings. The predicted molar refractivity (Wildman–Crippen MR) is 80.8 cm³/mol. The second-order valence-electron chi connectivity index (χ2n) is 3.99. The highest BCUT2D eigenvalue weighted by molar-refractivity contribution is 7.89. The number of hydrogen-bond donors (Lipinski definition) is 3. The van der Waals surface area contributed by atoms with Crippen molar-refractivity contribution in [3.8, 4) is 0 Å². The summed E-state index contributed by atoms with van der Waals surface area (Å²) in [6.07, 6.45) is 0.0953. The molecule has 0 aliphatic rings. The van der Waals surface area contributed by atoms with Crippen molar-refractivity contribution < 1.29 is 13.2 Å². The highest BCUT2D eigenvalue weighted by Gasteiger charge is 2.14. The smallest absolute Gasteiger partial charge is 0.240 e. The Hall–Kier alpha value is -1.51. The number of benzene rings is 1. The molecule has 20 heavy (non-hydrogen) atoms. The van der Waals surface area contributed by atoms with E-state index in [0.717, 1.165) is 0 Å². The highest BCUT2D eigenvalue weighted by Crippen LogP contribution is 2.10. The molecule has 1 amide bonds. The van der Waals surface area contributed by atoms with Gasteiger partial charge in [-0.1, -0.05) is 24.4 Å². The van der Waals surface area contributed by atoms with E-state index in [-0.39, 0.29) is 28.8 Å². The lowest BCUT2D eigenvalue weighted by molar-refractivity contribution is -0.120. The molecule has 0 unspecified atom stereocenters. The second-order valence-corrected chi connectivity index (χ2v) is 6.20. The van der Waals surface area contributed by atoms with Crippen LogP contribution in [0.1, 0.15) is 18.9 Å². The van der Waals surface area contributed by atoms with Gasteiger partial charge < -0.3 is 11.1 Å². The van der Waals surface area contributed by atoms with Crippen LogP contribution in [0.4, 0.5) is 0 Å². The Bertz CT molecular complexity index is 582. The zero-order valence-corrected chi connectivity index (χ0v) is 12.7. The van der Waals surface area contributed by atoms with Crippen LogP contribution in [0.3, 0.4) is 0 Å². The molecule has 0 radical (unpaired) electrons. The van der Waals surface area contributed by atoms with E-state index in [2.05, 4.69) is 10.0 Å². The largest absolute Gasteiger partial charge is 0.389 e. The van der Waals surface area contributed by atoms with Gasteiger partial charge in [0.05, 0.1) is 4.90 Å². The lowest BCUT2D eigenvalue weighted by Crippen LogP contribution is -2.30. The summed E-state index contributed by atoms with van der Waals surface area (Å²) in [4.78, 5) is 11.5. The Labute approximate surface area is 123 Å². The number of carbonyl (C=O) groups is 1. The lowest BCUT2D eigenvalue weighted by atomic mass is 10.2. The third-order valence-electron chi connectivity index (χ3n) is 2.47. The molecule has 0 aliphatic heterocycles. The molecule has 0 fully saturated rings. The summed E-state index contributed by atoms with van der Waals surface area (Å²) < 4.78 is 26.3. The first-order valence-electron chi connectivity index (χ1n) is 6.03. The Balaban J connectivity index is 2.64. The van der Waals surface area contributed by atoms with Gasteiger partial charge >= 0.3 is 0 Å². The monoisotopic (exact) mass is 315 g/mol. The number of thiocarbonyl (C=S) groups is 1. The van der Waals surface area contributed by atoms with Crippen LogP contribution in [0.15, 0.2) is 29.2 Å². The van der Waals surface area contributed by atoms with Crippen LogP contribution >= 0.6 is 12.2 Å². The standard InChI is InChI=1S/C12H17N3O3S2/c1-2-14-11(16)7-8-15-20(17,18)10-5-3-9(4-6-10)12(13)19/h3-6,15H,2,7-8H2,1H3,(H2,13,19)(H,14,16). The van der Waals surface area contributed by atoms with Crippen molar-refractivity contribution in [3.63, 3.8) is 0 Å². The maximum absolute atomic E-state index is 11.9. The fraction of sp³-hybridized carbons (Fsp3) is 0.333. The van der Waals surface area contributed by atoms with Crippen LogP contribution in [0.2, 0.25) is 0 Å². The minimum Gasteiger partial charge on any atom is -0.389 e. The van der Waals surface area contributed by atoms with Crippen LogP contribution in [-0.2, 0) is 14.8 Å². The van der Waals surface area contributed by atoms with Gasteiger partial charge in [0, 0.05) is 25.1 Å². The minimum atomic E-state index is -3.63. The molecule has 6 nitrogen and oxygen atoms in total. The topological polar surface area (TPSA) is 101 Å². The maximum atomic E-state index is 11.9. The van der Waals surface area contributed by atoms with Gasteiger partial charge in [-0.05, 0) is 19.1 Å². The molecule has 1 aromatic carbocycles. The van der Waals surface area contributed by atoms with Crippen LogP contribution in [-0.4, -0.2) is 32.4 Å². The van der Waals surface area contributed by atoms with Crippen LogP contribution in [0.5, 0.6) is 0 Å². The van der Waals surface area contributed by atoms with Crippen molar-refractivity contribution in [1.29, 1.82) is 0 Å². The summed E-state index contributed by atoms with van der Waals surface area (Å²) in [6, 6.07) is 5.92. The van der Waals surface area contributed by atoms with Crippen LogP contribution in [0, 0.1) is 0 Å². The average molecular weight is 315 g/mol. The molecule has 0 bridgehead atoms. The molecule has 110 valence electrons. The molecule has 0 saturated carbocycles. The fourth-order valence-corrected chi connectivity index (χ4v) is 2.63. The van der Waals surface area contributed by atoms with Gasteiger partial charge in [-0.2, -0.15) is 0 Å². The molecule has 0 spiro atoms. The van der Waals surface area contributed by atoms with Gasteiger partial charge in [0.15, 0.2) is 0 Å². The van der Waals surface area contributed by atoms with Crippen LogP contribution in [0.25, 0.3) is 0 Å². The Kier molecular flexibility index (Phi) is 6.05. The van der Waals surface area contributed by atoms with Gasteiger partial charge in [-0.15, -0.1) is 0 Å². The molecule has 0 heterocycles. The van der Waals surface area contributed by atoms with Gasteiger partial charge in [0.1, 0.15) is 4.99 Å². The van der Waals surface area contributed by atoms with E-state index in [0.29, 0.717) is 12.1 Å². The van der Waals surface area contributed by atoms with E-state index in [4.69, 9.17) is 18.0 Å². The third kappa shape index (κ3) is 4.87. The minimum absolute atomic E-state index is 0.0468. The van der Waals surface area contributed by atoms with Gasteiger partial charge in [0.2, 0.25) is 15.9 Å². The van der Waals surface area contributed by atoms with Crippen molar-refractivity contribution in [3.05, 3.63) is 29.8 Å². The fourth-order valence-electron chi connectivity index (χ4n) is 1.47. The van der Waals surface area contributed by atoms with Gasteiger partial charge in [0.25, 0.3) is 0 Å². The normalized spacial score (nSPS) is 11.1. The number of hydrogen-bond acceptors (Lipinski definition) is 4. The molecule has 8 heteroatoms. The van der Waals surface area contributed by atoms with Crippen molar-refractivity contribution in [2.45, 2.75) is 18.2 Å². The summed E-state index contributed by atoms with van der Waals surface area (Å²) in [5, 5.41) is 2.59. The first-order chi connectivity index (χ1) is 9.36. The molecular formula is C12H17N3O3S2. The zero-order chi connectivity index (χ0) is 15.2. The Morgan fingerprint density at radius 1 is 1.30 bits per heavy atom. The van der Waals surface area contributed by atoms with E-state index < -0.39 is 10.0 Å². The SMILES string of the molecule is CCNC(=O)CCNS(=O)(=O)c1ccc(C(N)=S)cc1. The zero-order valence-electron chi connectivity index (χ0n) is 11.0. The summed E-state index contributed by atoms with van der Waals surface area (Å²) in [6.45, 7) is 2.36. The number of rotatable bonds is 7. The van der Waals surface area contributed by atoms with E-state index >= 15 is 0 Å². The first kappa shape index (κ1) is 16.5. The van der Waals surface area contributed by atoms with E-state index in [1.165, 1.54) is 12.1 Å². The number of sulfonamides is 1. The van der Waals surface area contributed by atoms with Gasteiger partial charge in [-0.25, -0.2) is 13.1 Å². The maximum Gasteiger partial charge on any atom is 0.240 e. The number of carbonyl (C=O) groups excluding carboxylic acids is 1. The summed E-state index contributed by atoms with van der Waals surface area (Å²) in [5.41, 5.74) is 6.04. The molecule has 4 N–H and O–H groups in total. The number of nitrogens with one attached hydrogen (secondary N) is 2. The second kappa shape index (κ2) is 7.32. The Morgan fingerprint density at radius 3 is 2.40 bits per heavy atom. The summed E-state index contributed by atoms with van der Waals surface area (Å²) >= 11 is 4.79. The molecule has 0 saturated heterocycles.